The van der Waals surface area contributed by atoms with E-state index in [4.69, 9.17) is 15.5 Å². The normalized spacial score (nSPS) is 16.9. The number of ether oxygens (including phenoxy) is 1. The van der Waals surface area contributed by atoms with Crippen molar-refractivity contribution in [2.24, 2.45) is 17.8 Å². The van der Waals surface area contributed by atoms with Crippen LogP contribution < -0.4 is 11.3 Å². The Morgan fingerprint density at radius 1 is 1.34 bits per heavy atom. The van der Waals surface area contributed by atoms with Crippen LogP contribution in [0.5, 0.6) is 0 Å². The van der Waals surface area contributed by atoms with E-state index < -0.39 is 0 Å². The largest absolute Gasteiger partial charge is 0.404 e. The van der Waals surface area contributed by atoms with Gasteiger partial charge in [-0.25, -0.2) is 4.98 Å². The van der Waals surface area contributed by atoms with Crippen molar-refractivity contribution in [1.29, 1.82) is 0 Å². The Bertz CT molecular complexity index is 1280. The average molecular weight is 475 g/mol. The second-order valence-electron chi connectivity index (χ2n) is 9.23. The van der Waals surface area contributed by atoms with Crippen LogP contribution >= 0.6 is 0 Å². The van der Waals surface area contributed by atoms with Crippen molar-refractivity contribution in [3.8, 4) is 0 Å². The van der Waals surface area contributed by atoms with Gasteiger partial charge in [-0.2, -0.15) is 0 Å². The molecule has 0 unspecified atom stereocenters. The molecule has 8 nitrogen and oxygen atoms in total. The smallest absolute Gasteiger partial charge is 0.253 e. The number of aliphatic imine (C=N–C) groups is 1. The van der Waals surface area contributed by atoms with Crippen molar-refractivity contribution < 1.29 is 4.74 Å². The molecule has 2 N–H and O–H groups in total. The van der Waals surface area contributed by atoms with Gasteiger partial charge in [-0.15, -0.1) is 0 Å². The predicted molar refractivity (Wildman–Crippen MR) is 140 cm³/mol. The molecule has 1 aliphatic heterocycles. The maximum atomic E-state index is 12.5. The van der Waals surface area contributed by atoms with E-state index in [0.29, 0.717) is 30.7 Å². The lowest BCUT2D eigenvalue weighted by molar-refractivity contribution is 0.181. The van der Waals surface area contributed by atoms with Gasteiger partial charge >= 0.3 is 0 Å². The summed E-state index contributed by atoms with van der Waals surface area (Å²) in [7, 11) is 3.33. The summed E-state index contributed by atoms with van der Waals surface area (Å²) in [5.41, 5.74) is 13.3. The van der Waals surface area contributed by atoms with Crippen LogP contribution in [0.1, 0.15) is 55.0 Å². The van der Waals surface area contributed by atoms with Crippen LogP contribution in [0.4, 0.5) is 0 Å². The maximum absolute atomic E-state index is 12.5. The van der Waals surface area contributed by atoms with E-state index in [1.165, 1.54) is 6.07 Å². The zero-order chi connectivity index (χ0) is 25.1. The van der Waals surface area contributed by atoms with Gasteiger partial charge in [0.15, 0.2) is 0 Å². The third-order valence-corrected chi connectivity index (χ3v) is 6.72. The van der Waals surface area contributed by atoms with Crippen molar-refractivity contribution in [3.05, 3.63) is 81.1 Å². The van der Waals surface area contributed by atoms with E-state index in [1.807, 2.05) is 26.3 Å². The summed E-state index contributed by atoms with van der Waals surface area (Å²) >= 11 is 0. The summed E-state index contributed by atoms with van der Waals surface area (Å²) < 4.78 is 6.75. The molecule has 0 spiro atoms. The molecule has 184 valence electrons. The van der Waals surface area contributed by atoms with Gasteiger partial charge in [-0.05, 0) is 49.5 Å². The third-order valence-electron chi connectivity index (χ3n) is 6.72. The van der Waals surface area contributed by atoms with Crippen LogP contribution in [0.15, 0.2) is 52.2 Å². The minimum Gasteiger partial charge on any atom is -0.404 e. The maximum Gasteiger partial charge on any atom is 0.253 e. The van der Waals surface area contributed by atoms with Crippen LogP contribution in [-0.4, -0.2) is 45.3 Å². The highest BCUT2D eigenvalue weighted by atomic mass is 16.5. The SMILES string of the molecule is C=C(/C(C)=C(/C)c1nc(COC)cc(=O)n1C)N1CCc2ncc(/C(C=NC3CC3)=C/N)cc2C1. The Kier molecular flexibility index (Phi) is 7.31. The predicted octanol–water partition coefficient (Wildman–Crippen LogP) is 3.22. The molecular weight excluding hydrogens is 440 g/mol. The molecule has 1 saturated carbocycles. The molecule has 8 heteroatoms. The van der Waals surface area contributed by atoms with Gasteiger partial charge in [0.25, 0.3) is 5.56 Å². The molecule has 2 aromatic rings. The number of nitrogens with two attached hydrogens (primary N) is 1. The summed E-state index contributed by atoms with van der Waals surface area (Å²) in [5, 5.41) is 0. The van der Waals surface area contributed by atoms with Gasteiger partial charge in [-0.1, -0.05) is 6.58 Å². The first-order valence-corrected chi connectivity index (χ1v) is 11.9. The summed E-state index contributed by atoms with van der Waals surface area (Å²) in [6.07, 6.45) is 8.49. The number of allylic oxidation sites excluding steroid dienone is 3. The quantitative estimate of drug-likeness (QED) is 0.466. The Balaban J connectivity index is 1.58. The summed E-state index contributed by atoms with van der Waals surface area (Å²) in [6, 6.07) is 4.11. The van der Waals surface area contributed by atoms with E-state index in [-0.39, 0.29) is 5.56 Å². The van der Waals surface area contributed by atoms with Gasteiger partial charge in [0.05, 0.1) is 18.3 Å². The minimum absolute atomic E-state index is 0.112. The van der Waals surface area contributed by atoms with E-state index in [1.54, 1.807) is 24.9 Å². The van der Waals surface area contributed by atoms with Gasteiger partial charge in [-0.3, -0.25) is 19.3 Å². The van der Waals surface area contributed by atoms with E-state index in [0.717, 1.165) is 65.0 Å². The molecule has 2 aliphatic rings. The number of nitrogens with zero attached hydrogens (tertiary/aromatic N) is 5. The highest BCUT2D eigenvalue weighted by molar-refractivity contribution is 6.09. The van der Waals surface area contributed by atoms with Gasteiger partial charge in [0.1, 0.15) is 5.82 Å². The lowest BCUT2D eigenvalue weighted by Gasteiger charge is -2.33. The Morgan fingerprint density at radius 3 is 2.80 bits per heavy atom. The summed E-state index contributed by atoms with van der Waals surface area (Å²) in [5.74, 6) is 0.622. The molecule has 2 aromatic heterocycles. The van der Waals surface area contributed by atoms with Gasteiger partial charge in [0, 0.05) is 80.9 Å². The molecular formula is C27H34N6O2. The molecule has 0 bridgehead atoms. The second-order valence-corrected chi connectivity index (χ2v) is 9.23. The zero-order valence-electron chi connectivity index (χ0n) is 21.0. The monoisotopic (exact) mass is 474 g/mol. The zero-order valence-corrected chi connectivity index (χ0v) is 21.0. The first-order valence-electron chi connectivity index (χ1n) is 11.9. The molecule has 0 saturated heterocycles. The molecule has 1 fully saturated rings. The topological polar surface area (TPSA) is 98.6 Å². The molecule has 0 atom stereocenters. The lowest BCUT2D eigenvalue weighted by Crippen LogP contribution is -2.31. The van der Waals surface area contributed by atoms with Crippen molar-refractivity contribution in [1.82, 2.24) is 19.4 Å². The molecule has 3 heterocycles. The van der Waals surface area contributed by atoms with Gasteiger partial charge in [0.2, 0.25) is 0 Å². The lowest BCUT2D eigenvalue weighted by atomic mass is 9.99. The number of aromatic nitrogens is 3. The van der Waals surface area contributed by atoms with E-state index in [2.05, 4.69) is 27.5 Å². The fourth-order valence-corrected chi connectivity index (χ4v) is 4.20. The van der Waals surface area contributed by atoms with Crippen LogP contribution in [-0.2, 0) is 31.4 Å². The Morgan fingerprint density at radius 2 is 2.11 bits per heavy atom. The fraction of sp³-hybridized carbons (Fsp3) is 0.407. The van der Waals surface area contributed by atoms with E-state index >= 15 is 0 Å². The molecule has 0 aromatic carbocycles. The van der Waals surface area contributed by atoms with Crippen LogP contribution in [0.25, 0.3) is 11.1 Å². The Hall–Kier alpha value is -3.52. The van der Waals surface area contributed by atoms with Crippen molar-refractivity contribution in [3.63, 3.8) is 0 Å². The molecule has 1 aliphatic carbocycles. The van der Waals surface area contributed by atoms with Crippen molar-refractivity contribution in [2.45, 2.75) is 52.3 Å². The van der Waals surface area contributed by atoms with Crippen molar-refractivity contribution in [2.75, 3.05) is 13.7 Å². The molecule has 35 heavy (non-hydrogen) atoms. The molecule has 0 amide bonds. The molecule has 0 radical (unpaired) electrons. The highest BCUT2D eigenvalue weighted by Crippen LogP contribution is 2.29. The number of hydrogen-bond acceptors (Lipinski definition) is 7. The second kappa shape index (κ2) is 10.4. The fourth-order valence-electron chi connectivity index (χ4n) is 4.20. The third kappa shape index (κ3) is 5.43. The standard InChI is InChI=1S/C27H34N6O2/c1-17(18(2)27-31-24(16-35-5)11-26(34)32(27)4)19(3)33-9-8-25-21(15-33)10-20(13-30-25)22(12-28)14-29-23-6-7-23/h10-14,23H,3,6-9,15-16,28H2,1-2,4-5H3/b18-17-,22-12+,29-14?. The number of rotatable bonds is 8. The van der Waals surface area contributed by atoms with Crippen LogP contribution in [0, 0.1) is 0 Å². The number of methoxy groups -OCH3 is 1. The first-order chi connectivity index (χ1) is 16.8. The Labute approximate surface area is 206 Å². The van der Waals surface area contributed by atoms with Crippen LogP contribution in [0.2, 0.25) is 0 Å². The highest BCUT2D eigenvalue weighted by Gasteiger charge is 2.22. The number of hydrogen-bond donors (Lipinski definition) is 1. The van der Waals surface area contributed by atoms with Gasteiger partial charge < -0.3 is 15.4 Å². The van der Waals surface area contributed by atoms with Crippen LogP contribution in [0.3, 0.4) is 0 Å². The number of pyridine rings is 1. The summed E-state index contributed by atoms with van der Waals surface area (Å²) in [6.45, 7) is 10.2. The minimum atomic E-state index is -0.112. The van der Waals surface area contributed by atoms with Crippen molar-refractivity contribution >= 4 is 17.4 Å². The average Bonchev–Trinajstić information content (AvgIpc) is 3.69. The molecule has 4 rings (SSSR count). The summed E-state index contributed by atoms with van der Waals surface area (Å²) in [4.78, 5) is 28.7. The first kappa shape index (κ1) is 24.6. The van der Waals surface area contributed by atoms with E-state index in [9.17, 15) is 4.79 Å². The number of fused-ring (bicyclic) bond motifs is 1.